The third-order valence-electron chi connectivity index (χ3n) is 1.85. The Morgan fingerprint density at radius 1 is 1.36 bits per heavy atom. The lowest BCUT2D eigenvalue weighted by molar-refractivity contribution is 0.255. The van der Waals surface area contributed by atoms with Gasteiger partial charge in [0.15, 0.2) is 5.17 Å². The molecule has 0 aromatic heterocycles. The SMILES string of the molecule is NC1=NC(=O)N(c2ccccc2)CS1. The van der Waals surface area contributed by atoms with Crippen molar-refractivity contribution >= 4 is 28.6 Å². The quantitative estimate of drug-likeness (QED) is 0.761. The van der Waals surface area contributed by atoms with Crippen molar-refractivity contribution in [3.63, 3.8) is 0 Å². The smallest absolute Gasteiger partial charge is 0.351 e. The van der Waals surface area contributed by atoms with Crippen LogP contribution in [0.2, 0.25) is 0 Å². The number of anilines is 1. The van der Waals surface area contributed by atoms with Gasteiger partial charge in [-0.1, -0.05) is 30.0 Å². The van der Waals surface area contributed by atoms with Crippen LogP contribution in [0.25, 0.3) is 0 Å². The van der Waals surface area contributed by atoms with Gasteiger partial charge in [-0.3, -0.25) is 4.90 Å². The molecule has 0 radical (unpaired) electrons. The van der Waals surface area contributed by atoms with E-state index in [0.717, 1.165) is 5.69 Å². The topological polar surface area (TPSA) is 58.7 Å². The van der Waals surface area contributed by atoms with Gasteiger partial charge in [0.05, 0.1) is 5.88 Å². The lowest BCUT2D eigenvalue weighted by Gasteiger charge is -2.23. The first-order chi connectivity index (χ1) is 6.77. The first-order valence-corrected chi connectivity index (χ1v) is 5.09. The standard InChI is InChI=1S/C9H9N3OS/c10-8-11-9(13)12(6-14-8)7-4-2-1-3-5-7/h1-5H,6H2,(H2,10,11,13). The molecule has 0 unspecified atom stereocenters. The molecule has 0 aliphatic carbocycles. The fourth-order valence-electron chi connectivity index (χ4n) is 1.17. The second-order valence-corrected chi connectivity index (χ2v) is 3.73. The van der Waals surface area contributed by atoms with Crippen LogP contribution >= 0.6 is 11.8 Å². The van der Waals surface area contributed by atoms with Gasteiger partial charge in [0, 0.05) is 5.69 Å². The van der Waals surface area contributed by atoms with Gasteiger partial charge in [0.25, 0.3) is 0 Å². The Hall–Kier alpha value is -1.49. The normalized spacial score (nSPS) is 16.7. The van der Waals surface area contributed by atoms with Crippen LogP contribution in [0.4, 0.5) is 10.5 Å². The maximum atomic E-state index is 11.5. The number of urea groups is 1. The third-order valence-corrected chi connectivity index (χ3v) is 2.62. The van der Waals surface area contributed by atoms with E-state index in [1.165, 1.54) is 11.8 Å². The minimum Gasteiger partial charge on any atom is -0.378 e. The zero-order valence-corrected chi connectivity index (χ0v) is 8.20. The molecule has 14 heavy (non-hydrogen) atoms. The molecule has 2 rings (SSSR count). The second-order valence-electron chi connectivity index (χ2n) is 2.77. The average molecular weight is 207 g/mol. The van der Waals surface area contributed by atoms with E-state index in [-0.39, 0.29) is 6.03 Å². The van der Waals surface area contributed by atoms with E-state index < -0.39 is 0 Å². The Bertz CT molecular complexity index is 377. The van der Waals surface area contributed by atoms with E-state index in [1.54, 1.807) is 4.90 Å². The number of carbonyl (C=O) groups is 1. The molecule has 1 aliphatic rings. The van der Waals surface area contributed by atoms with Crippen LogP contribution < -0.4 is 10.6 Å². The fraction of sp³-hybridized carbons (Fsp3) is 0.111. The zero-order chi connectivity index (χ0) is 9.97. The molecular formula is C9H9N3OS. The largest absolute Gasteiger partial charge is 0.378 e. The van der Waals surface area contributed by atoms with Gasteiger partial charge in [0.2, 0.25) is 0 Å². The summed E-state index contributed by atoms with van der Waals surface area (Å²) in [5.41, 5.74) is 6.28. The summed E-state index contributed by atoms with van der Waals surface area (Å²) in [5.74, 6) is 0.526. The van der Waals surface area contributed by atoms with E-state index >= 15 is 0 Å². The maximum absolute atomic E-state index is 11.5. The molecule has 0 bridgehead atoms. The van der Waals surface area contributed by atoms with E-state index in [2.05, 4.69) is 4.99 Å². The molecule has 0 fully saturated rings. The van der Waals surface area contributed by atoms with E-state index in [9.17, 15) is 4.79 Å². The van der Waals surface area contributed by atoms with Crippen molar-refractivity contribution in [2.45, 2.75) is 0 Å². The Balaban J connectivity index is 2.26. The monoisotopic (exact) mass is 207 g/mol. The molecular weight excluding hydrogens is 198 g/mol. The number of para-hydroxylation sites is 1. The summed E-state index contributed by atoms with van der Waals surface area (Å²) < 4.78 is 0. The molecule has 1 aromatic rings. The summed E-state index contributed by atoms with van der Waals surface area (Å²) in [4.78, 5) is 16.7. The Labute approximate surface area is 85.8 Å². The number of amides is 2. The van der Waals surface area contributed by atoms with E-state index in [0.29, 0.717) is 11.0 Å². The molecule has 1 aliphatic heterocycles. The van der Waals surface area contributed by atoms with Gasteiger partial charge in [-0.15, -0.1) is 0 Å². The number of aliphatic imine (C=N–C) groups is 1. The number of rotatable bonds is 1. The molecule has 0 spiro atoms. The minimum atomic E-state index is -0.299. The van der Waals surface area contributed by atoms with Gasteiger partial charge in [-0.05, 0) is 12.1 Å². The molecule has 0 saturated heterocycles. The highest BCUT2D eigenvalue weighted by atomic mass is 32.2. The van der Waals surface area contributed by atoms with Crippen LogP contribution in [0, 0.1) is 0 Å². The summed E-state index contributed by atoms with van der Waals surface area (Å²) in [6.07, 6.45) is 0. The van der Waals surface area contributed by atoms with Crippen molar-refractivity contribution in [1.82, 2.24) is 0 Å². The van der Waals surface area contributed by atoms with E-state index in [1.807, 2.05) is 30.3 Å². The van der Waals surface area contributed by atoms with Gasteiger partial charge in [-0.25, -0.2) is 4.79 Å². The molecule has 0 atom stereocenters. The van der Waals surface area contributed by atoms with Gasteiger partial charge < -0.3 is 5.73 Å². The Morgan fingerprint density at radius 3 is 2.71 bits per heavy atom. The predicted molar refractivity (Wildman–Crippen MR) is 58.4 cm³/mol. The molecule has 1 aromatic carbocycles. The average Bonchev–Trinajstić information content (AvgIpc) is 2.19. The lowest BCUT2D eigenvalue weighted by Crippen LogP contribution is -2.34. The Kier molecular flexibility index (Phi) is 2.41. The summed E-state index contributed by atoms with van der Waals surface area (Å²) in [7, 11) is 0. The fourth-order valence-corrected chi connectivity index (χ4v) is 1.83. The molecule has 5 heteroatoms. The number of thioether (sulfide) groups is 1. The van der Waals surface area contributed by atoms with Crippen molar-refractivity contribution in [2.75, 3.05) is 10.8 Å². The molecule has 2 N–H and O–H groups in total. The van der Waals surface area contributed by atoms with Crippen LogP contribution in [-0.4, -0.2) is 17.1 Å². The third kappa shape index (κ3) is 1.72. The van der Waals surface area contributed by atoms with E-state index in [4.69, 9.17) is 5.73 Å². The molecule has 2 amide bonds. The van der Waals surface area contributed by atoms with Gasteiger partial charge in [0.1, 0.15) is 0 Å². The van der Waals surface area contributed by atoms with Crippen molar-refractivity contribution < 1.29 is 4.79 Å². The van der Waals surface area contributed by atoms with Crippen molar-refractivity contribution in [2.24, 2.45) is 10.7 Å². The number of nitrogens with two attached hydrogens (primary N) is 1. The number of hydrogen-bond donors (Lipinski definition) is 1. The van der Waals surface area contributed by atoms with Crippen LogP contribution in [-0.2, 0) is 0 Å². The number of nitrogens with zero attached hydrogens (tertiary/aromatic N) is 2. The highest BCUT2D eigenvalue weighted by Gasteiger charge is 2.20. The van der Waals surface area contributed by atoms with Gasteiger partial charge in [-0.2, -0.15) is 4.99 Å². The molecule has 4 nitrogen and oxygen atoms in total. The molecule has 1 heterocycles. The van der Waals surface area contributed by atoms with Gasteiger partial charge >= 0.3 is 6.03 Å². The van der Waals surface area contributed by atoms with Crippen molar-refractivity contribution in [3.05, 3.63) is 30.3 Å². The highest BCUT2D eigenvalue weighted by molar-refractivity contribution is 8.14. The summed E-state index contributed by atoms with van der Waals surface area (Å²) in [6, 6.07) is 9.12. The maximum Gasteiger partial charge on any atom is 0.351 e. The molecule has 72 valence electrons. The second kappa shape index (κ2) is 3.71. The predicted octanol–water partition coefficient (Wildman–Crippen LogP) is 1.63. The summed E-state index contributed by atoms with van der Waals surface area (Å²) >= 11 is 1.36. The first-order valence-electron chi connectivity index (χ1n) is 4.11. The highest BCUT2D eigenvalue weighted by Crippen LogP contribution is 2.21. The minimum absolute atomic E-state index is 0.299. The zero-order valence-electron chi connectivity index (χ0n) is 7.38. The Morgan fingerprint density at radius 2 is 2.07 bits per heavy atom. The number of hydrogen-bond acceptors (Lipinski definition) is 3. The van der Waals surface area contributed by atoms with Crippen LogP contribution in [0.5, 0.6) is 0 Å². The van der Waals surface area contributed by atoms with Crippen LogP contribution in [0.3, 0.4) is 0 Å². The molecule has 0 saturated carbocycles. The lowest BCUT2D eigenvalue weighted by atomic mass is 10.3. The number of benzene rings is 1. The van der Waals surface area contributed by atoms with Crippen molar-refractivity contribution in [3.8, 4) is 0 Å². The van der Waals surface area contributed by atoms with Crippen LogP contribution in [0.1, 0.15) is 0 Å². The summed E-state index contributed by atoms with van der Waals surface area (Å²) in [5, 5.41) is 0.335. The summed E-state index contributed by atoms with van der Waals surface area (Å²) in [6.45, 7) is 0. The first kappa shape index (κ1) is 9.08. The number of amidine groups is 1. The van der Waals surface area contributed by atoms with Crippen molar-refractivity contribution in [1.29, 1.82) is 0 Å². The van der Waals surface area contributed by atoms with Crippen LogP contribution in [0.15, 0.2) is 35.3 Å². The number of carbonyl (C=O) groups excluding carboxylic acids is 1.